The van der Waals surface area contributed by atoms with Crippen LogP contribution in [0.25, 0.3) is 0 Å². The van der Waals surface area contributed by atoms with Crippen molar-refractivity contribution in [1.82, 2.24) is 5.32 Å². The fraction of sp³-hybridized carbons (Fsp3) is 0.706. The quantitative estimate of drug-likeness (QED) is 0.800. The summed E-state index contributed by atoms with van der Waals surface area (Å²) in [5.41, 5.74) is 0.431. The second-order valence-electron chi connectivity index (χ2n) is 7.16. The highest BCUT2D eigenvalue weighted by Crippen LogP contribution is 2.32. The average Bonchev–Trinajstić information content (AvgIpc) is 2.90. The molecule has 126 valence electrons. The number of amides is 1. The van der Waals surface area contributed by atoms with Crippen molar-refractivity contribution in [2.75, 3.05) is 13.2 Å². The van der Waals surface area contributed by atoms with E-state index in [-0.39, 0.29) is 17.9 Å². The largest absolute Gasteiger partial charge is 0.444 e. The van der Waals surface area contributed by atoms with E-state index in [1.807, 2.05) is 20.8 Å². The molecule has 0 spiro atoms. The molecule has 1 heterocycles. The van der Waals surface area contributed by atoms with Crippen LogP contribution in [0.1, 0.15) is 46.6 Å². The molecule has 5 heteroatoms. The zero-order chi connectivity index (χ0) is 16.8. The van der Waals surface area contributed by atoms with E-state index in [0.29, 0.717) is 6.54 Å². The number of aliphatic hydroxyl groups excluding tert-OH is 1. The maximum absolute atomic E-state index is 11.9. The molecule has 0 aromatic carbocycles. The third-order valence-electron chi connectivity index (χ3n) is 4.01. The van der Waals surface area contributed by atoms with Gasteiger partial charge in [0.2, 0.25) is 0 Å². The van der Waals surface area contributed by atoms with Crippen molar-refractivity contribution < 1.29 is 14.6 Å². The number of hydrogen-bond acceptors (Lipinski definition) is 4. The van der Waals surface area contributed by atoms with Gasteiger partial charge in [0, 0.05) is 12.0 Å². The Morgan fingerprint density at radius 1 is 1.41 bits per heavy atom. The van der Waals surface area contributed by atoms with Crippen LogP contribution in [0.4, 0.5) is 4.79 Å². The molecule has 0 radical (unpaired) electrons. The highest BCUT2D eigenvalue weighted by molar-refractivity contribution is 7.07. The summed E-state index contributed by atoms with van der Waals surface area (Å²) in [7, 11) is 0. The van der Waals surface area contributed by atoms with Crippen molar-refractivity contribution in [2.45, 2.75) is 53.1 Å². The molecule has 0 aliphatic heterocycles. The van der Waals surface area contributed by atoms with E-state index in [9.17, 15) is 9.90 Å². The molecule has 0 aliphatic rings. The van der Waals surface area contributed by atoms with Crippen LogP contribution in [-0.4, -0.2) is 30.0 Å². The summed E-state index contributed by atoms with van der Waals surface area (Å²) in [6, 6.07) is 2.11. The van der Waals surface area contributed by atoms with Crippen LogP contribution in [-0.2, 0) is 11.2 Å². The number of thiophene rings is 1. The Hall–Kier alpha value is -1.07. The normalized spacial score (nSPS) is 14.7. The molecule has 0 bridgehead atoms. The Bertz CT molecular complexity index is 451. The van der Waals surface area contributed by atoms with E-state index >= 15 is 0 Å². The maximum atomic E-state index is 11.9. The average molecular weight is 327 g/mol. The number of nitrogens with one attached hydrogen (secondary N) is 1. The molecule has 1 aromatic heterocycles. The lowest BCUT2D eigenvalue weighted by molar-refractivity contribution is 0.0369. The minimum Gasteiger partial charge on any atom is -0.444 e. The monoisotopic (exact) mass is 327 g/mol. The maximum Gasteiger partial charge on any atom is 0.407 e. The number of aliphatic hydroxyl groups is 1. The molecular formula is C17H29NO3S. The molecule has 0 fully saturated rings. The van der Waals surface area contributed by atoms with Gasteiger partial charge in [-0.3, -0.25) is 0 Å². The van der Waals surface area contributed by atoms with Crippen molar-refractivity contribution in [2.24, 2.45) is 11.3 Å². The predicted molar refractivity (Wildman–Crippen MR) is 91.2 cm³/mol. The van der Waals surface area contributed by atoms with Gasteiger partial charge < -0.3 is 15.2 Å². The topological polar surface area (TPSA) is 58.6 Å². The minimum absolute atomic E-state index is 0.0462. The van der Waals surface area contributed by atoms with Gasteiger partial charge in [0.1, 0.15) is 5.60 Å². The fourth-order valence-electron chi connectivity index (χ4n) is 2.29. The number of hydrogen-bond donors (Lipinski definition) is 2. The molecule has 4 nitrogen and oxygen atoms in total. The first-order chi connectivity index (χ1) is 10.2. The minimum atomic E-state index is -0.513. The molecular weight excluding hydrogens is 298 g/mol. The Kier molecular flexibility index (Phi) is 6.88. The fourth-order valence-corrected chi connectivity index (χ4v) is 2.99. The molecule has 1 amide bonds. The van der Waals surface area contributed by atoms with Crippen molar-refractivity contribution in [3.63, 3.8) is 0 Å². The number of carbonyl (C=O) groups is 1. The van der Waals surface area contributed by atoms with E-state index in [0.717, 1.165) is 12.8 Å². The summed E-state index contributed by atoms with van der Waals surface area (Å²) in [6.07, 6.45) is 1.30. The smallest absolute Gasteiger partial charge is 0.407 e. The number of ether oxygens (including phenoxy) is 1. The lowest BCUT2D eigenvalue weighted by atomic mass is 9.73. The van der Waals surface area contributed by atoms with Crippen LogP contribution in [0.3, 0.4) is 0 Å². The SMILES string of the molecule is CC(C)C(CO)(CCc1ccsc1)CNC(=O)OC(C)(C)C. The predicted octanol–water partition coefficient (Wildman–Crippen LogP) is 3.84. The van der Waals surface area contributed by atoms with Crippen molar-refractivity contribution in [3.8, 4) is 0 Å². The van der Waals surface area contributed by atoms with Gasteiger partial charge in [0.15, 0.2) is 0 Å². The van der Waals surface area contributed by atoms with Crippen LogP contribution >= 0.6 is 11.3 Å². The van der Waals surface area contributed by atoms with Crippen LogP contribution in [0.2, 0.25) is 0 Å². The van der Waals surface area contributed by atoms with Crippen LogP contribution < -0.4 is 5.32 Å². The van der Waals surface area contributed by atoms with Gasteiger partial charge in [-0.05, 0) is 61.9 Å². The lowest BCUT2D eigenvalue weighted by Gasteiger charge is -2.36. The van der Waals surface area contributed by atoms with Crippen LogP contribution in [0, 0.1) is 11.3 Å². The molecule has 1 unspecified atom stereocenters. The highest BCUT2D eigenvalue weighted by atomic mass is 32.1. The van der Waals surface area contributed by atoms with Crippen LogP contribution in [0.15, 0.2) is 16.8 Å². The first-order valence-electron chi connectivity index (χ1n) is 7.77. The van der Waals surface area contributed by atoms with Gasteiger partial charge in [0.05, 0.1) is 6.61 Å². The van der Waals surface area contributed by atoms with Crippen molar-refractivity contribution >= 4 is 17.4 Å². The summed E-state index contributed by atoms with van der Waals surface area (Å²) in [4.78, 5) is 11.9. The first-order valence-corrected chi connectivity index (χ1v) is 8.71. The molecule has 22 heavy (non-hydrogen) atoms. The third kappa shape index (κ3) is 5.97. The summed E-state index contributed by atoms with van der Waals surface area (Å²) in [6.45, 7) is 10.1. The lowest BCUT2D eigenvalue weighted by Crippen LogP contribution is -2.45. The Morgan fingerprint density at radius 3 is 2.55 bits per heavy atom. The molecule has 0 saturated heterocycles. The third-order valence-corrected chi connectivity index (χ3v) is 4.75. The van der Waals surface area contributed by atoms with Crippen molar-refractivity contribution in [1.29, 1.82) is 0 Å². The summed E-state index contributed by atoms with van der Waals surface area (Å²) < 4.78 is 5.28. The second-order valence-corrected chi connectivity index (χ2v) is 7.94. The highest BCUT2D eigenvalue weighted by Gasteiger charge is 2.34. The molecule has 1 rings (SSSR count). The van der Waals surface area contributed by atoms with E-state index in [2.05, 4.69) is 36.0 Å². The Labute approximate surface area is 137 Å². The molecule has 0 aliphatic carbocycles. The summed E-state index contributed by atoms with van der Waals surface area (Å²) in [5, 5.41) is 16.9. The van der Waals surface area contributed by atoms with E-state index in [1.165, 1.54) is 5.56 Å². The standard InChI is InChI=1S/C17H29NO3S/c1-13(2)17(12-19,8-6-14-7-9-22-10-14)11-18-15(20)21-16(3,4)5/h7,9-10,13,19H,6,8,11-12H2,1-5H3,(H,18,20). The second kappa shape index (κ2) is 7.97. The first kappa shape index (κ1) is 19.0. The molecule has 0 saturated carbocycles. The van der Waals surface area contributed by atoms with Gasteiger partial charge in [0.25, 0.3) is 0 Å². The van der Waals surface area contributed by atoms with E-state index in [1.54, 1.807) is 11.3 Å². The number of carbonyl (C=O) groups excluding carboxylic acids is 1. The Morgan fingerprint density at radius 2 is 2.09 bits per heavy atom. The molecule has 1 atom stereocenters. The van der Waals surface area contributed by atoms with Gasteiger partial charge in [-0.2, -0.15) is 11.3 Å². The van der Waals surface area contributed by atoms with E-state index in [4.69, 9.17) is 4.74 Å². The van der Waals surface area contributed by atoms with Crippen LogP contribution in [0.5, 0.6) is 0 Å². The van der Waals surface area contributed by atoms with E-state index < -0.39 is 11.7 Å². The van der Waals surface area contributed by atoms with Gasteiger partial charge in [-0.25, -0.2) is 4.79 Å². The van der Waals surface area contributed by atoms with Gasteiger partial charge in [-0.15, -0.1) is 0 Å². The van der Waals surface area contributed by atoms with Gasteiger partial charge in [-0.1, -0.05) is 13.8 Å². The molecule has 1 aromatic rings. The van der Waals surface area contributed by atoms with Crippen molar-refractivity contribution in [3.05, 3.63) is 22.4 Å². The number of alkyl carbamates (subject to hydrolysis) is 1. The summed E-state index contributed by atoms with van der Waals surface area (Å²) in [5.74, 6) is 0.256. The van der Waals surface area contributed by atoms with Gasteiger partial charge >= 0.3 is 6.09 Å². The number of aryl methyl sites for hydroxylation is 1. The zero-order valence-corrected chi connectivity index (χ0v) is 15.1. The summed E-state index contributed by atoms with van der Waals surface area (Å²) >= 11 is 1.68. The Balaban J connectivity index is 2.64. The number of rotatable bonds is 7. The molecule has 2 N–H and O–H groups in total. The zero-order valence-electron chi connectivity index (χ0n) is 14.3.